The Morgan fingerprint density at radius 3 is 2.83 bits per heavy atom. The van der Waals surface area contributed by atoms with Gasteiger partial charge in [-0.15, -0.1) is 0 Å². The Bertz CT molecular complexity index is 392. The van der Waals surface area contributed by atoms with E-state index in [0.717, 1.165) is 25.9 Å². The van der Waals surface area contributed by atoms with Crippen LogP contribution in [0.4, 0.5) is 10.8 Å². The number of rotatable bonds is 7. The normalized spacial score (nSPS) is 10.7. The predicted molar refractivity (Wildman–Crippen MR) is 74.1 cm³/mol. The standard InChI is InChI=1S/C11H20N4O2S/c1-15(2)7-5-4-6-13-10-8(11(16)17-3)9(12)14-18-10/h13H,4-7H2,1-3H3,(H2,12,14). The number of ether oxygens (including phenoxy) is 1. The molecule has 0 saturated heterocycles. The van der Waals surface area contributed by atoms with E-state index in [2.05, 4.69) is 19.3 Å². The molecule has 0 aliphatic rings. The van der Waals surface area contributed by atoms with Gasteiger partial charge in [-0.1, -0.05) is 0 Å². The molecule has 0 radical (unpaired) electrons. The second-order valence-electron chi connectivity index (χ2n) is 4.20. The molecule has 1 aromatic heterocycles. The van der Waals surface area contributed by atoms with Gasteiger partial charge in [0.2, 0.25) is 0 Å². The number of nitrogen functional groups attached to an aromatic ring is 1. The highest BCUT2D eigenvalue weighted by molar-refractivity contribution is 7.11. The SMILES string of the molecule is COC(=O)c1c(N)nsc1NCCCCN(C)C. The first kappa shape index (κ1) is 14.7. The Morgan fingerprint density at radius 2 is 2.22 bits per heavy atom. The zero-order chi connectivity index (χ0) is 13.5. The third-order valence-corrected chi connectivity index (χ3v) is 3.24. The molecule has 0 aliphatic carbocycles. The van der Waals surface area contributed by atoms with Crippen LogP contribution in [-0.4, -0.2) is 49.5 Å². The molecule has 0 amide bonds. The number of unbranched alkanes of at least 4 members (excludes halogenated alkanes) is 1. The van der Waals surface area contributed by atoms with Crippen molar-refractivity contribution in [2.75, 3.05) is 45.3 Å². The van der Waals surface area contributed by atoms with Gasteiger partial charge in [-0.2, -0.15) is 4.37 Å². The van der Waals surface area contributed by atoms with Gasteiger partial charge in [0.1, 0.15) is 10.6 Å². The predicted octanol–water partition coefficient (Wildman–Crippen LogP) is 1.27. The van der Waals surface area contributed by atoms with Crippen LogP contribution in [0.15, 0.2) is 0 Å². The molecule has 18 heavy (non-hydrogen) atoms. The smallest absolute Gasteiger partial charge is 0.344 e. The lowest BCUT2D eigenvalue weighted by Crippen LogP contribution is -2.14. The number of carbonyl (C=O) groups is 1. The molecule has 0 bridgehead atoms. The number of methoxy groups -OCH3 is 1. The van der Waals surface area contributed by atoms with Crippen molar-refractivity contribution in [3.63, 3.8) is 0 Å². The first-order valence-electron chi connectivity index (χ1n) is 5.78. The van der Waals surface area contributed by atoms with Crippen molar-refractivity contribution in [2.24, 2.45) is 0 Å². The van der Waals surface area contributed by atoms with Gasteiger partial charge in [-0.3, -0.25) is 0 Å². The fourth-order valence-electron chi connectivity index (χ4n) is 1.48. The second-order valence-corrected chi connectivity index (χ2v) is 4.97. The molecule has 3 N–H and O–H groups in total. The fraction of sp³-hybridized carbons (Fsp3) is 0.636. The highest BCUT2D eigenvalue weighted by Crippen LogP contribution is 2.27. The molecule has 0 unspecified atom stereocenters. The molecule has 0 fully saturated rings. The van der Waals surface area contributed by atoms with Crippen molar-refractivity contribution >= 4 is 28.3 Å². The zero-order valence-corrected chi connectivity index (χ0v) is 11.8. The van der Waals surface area contributed by atoms with Crippen LogP contribution in [-0.2, 0) is 4.74 Å². The Hall–Kier alpha value is -1.34. The summed E-state index contributed by atoms with van der Waals surface area (Å²) in [7, 11) is 5.43. The molecule has 1 rings (SSSR count). The van der Waals surface area contributed by atoms with E-state index in [0.29, 0.717) is 10.6 Å². The van der Waals surface area contributed by atoms with Gasteiger partial charge >= 0.3 is 5.97 Å². The summed E-state index contributed by atoms with van der Waals surface area (Å²) in [4.78, 5) is 13.7. The molecule has 6 nitrogen and oxygen atoms in total. The molecular weight excluding hydrogens is 252 g/mol. The van der Waals surface area contributed by atoms with Crippen molar-refractivity contribution in [2.45, 2.75) is 12.8 Å². The lowest BCUT2D eigenvalue weighted by Gasteiger charge is -2.09. The van der Waals surface area contributed by atoms with E-state index in [1.807, 2.05) is 14.1 Å². The van der Waals surface area contributed by atoms with Gasteiger partial charge in [-0.25, -0.2) is 4.79 Å². The van der Waals surface area contributed by atoms with E-state index in [-0.39, 0.29) is 5.82 Å². The largest absolute Gasteiger partial charge is 0.465 e. The maximum Gasteiger partial charge on any atom is 0.344 e. The van der Waals surface area contributed by atoms with Crippen molar-refractivity contribution in [3.8, 4) is 0 Å². The van der Waals surface area contributed by atoms with Crippen LogP contribution < -0.4 is 11.1 Å². The average molecular weight is 272 g/mol. The quantitative estimate of drug-likeness (QED) is 0.574. The molecule has 0 spiro atoms. The first-order valence-corrected chi connectivity index (χ1v) is 6.55. The maximum atomic E-state index is 11.5. The summed E-state index contributed by atoms with van der Waals surface area (Å²) in [6, 6.07) is 0. The summed E-state index contributed by atoms with van der Waals surface area (Å²) in [6.45, 7) is 1.84. The number of nitrogens with two attached hydrogens (primary N) is 1. The molecular formula is C11H20N4O2S. The number of aromatic nitrogens is 1. The first-order chi connectivity index (χ1) is 8.56. The van der Waals surface area contributed by atoms with Crippen LogP contribution >= 0.6 is 11.5 Å². The number of carbonyl (C=O) groups excluding carboxylic acids is 1. The summed E-state index contributed by atoms with van der Waals surface area (Å²) < 4.78 is 8.64. The summed E-state index contributed by atoms with van der Waals surface area (Å²) in [5.41, 5.74) is 5.98. The highest BCUT2D eigenvalue weighted by atomic mass is 32.1. The molecule has 0 aliphatic heterocycles. The molecule has 0 atom stereocenters. The Balaban J connectivity index is 2.45. The fourth-order valence-corrected chi connectivity index (χ4v) is 2.20. The lowest BCUT2D eigenvalue weighted by molar-refractivity contribution is 0.0603. The number of nitrogens with one attached hydrogen (secondary N) is 1. The van der Waals surface area contributed by atoms with Crippen LogP contribution in [0, 0.1) is 0 Å². The van der Waals surface area contributed by atoms with E-state index in [4.69, 9.17) is 5.73 Å². The molecule has 102 valence electrons. The van der Waals surface area contributed by atoms with Gasteiger partial charge < -0.3 is 20.7 Å². The van der Waals surface area contributed by atoms with Crippen LogP contribution in [0.3, 0.4) is 0 Å². The molecule has 1 heterocycles. The molecule has 0 saturated carbocycles. The van der Waals surface area contributed by atoms with Gasteiger partial charge in [-0.05, 0) is 45.0 Å². The number of anilines is 2. The van der Waals surface area contributed by atoms with E-state index in [9.17, 15) is 4.79 Å². The highest BCUT2D eigenvalue weighted by Gasteiger charge is 2.19. The Labute approximate surface area is 111 Å². The van der Waals surface area contributed by atoms with Crippen molar-refractivity contribution in [1.29, 1.82) is 0 Å². The van der Waals surface area contributed by atoms with Gasteiger partial charge in [0.15, 0.2) is 5.82 Å². The third kappa shape index (κ3) is 4.15. The average Bonchev–Trinajstić information content (AvgIpc) is 2.69. The summed E-state index contributed by atoms with van der Waals surface area (Å²) in [5.74, 6) is -0.223. The molecule has 0 aromatic carbocycles. The van der Waals surface area contributed by atoms with Gasteiger partial charge in [0.05, 0.1) is 7.11 Å². The van der Waals surface area contributed by atoms with Crippen molar-refractivity contribution in [1.82, 2.24) is 9.27 Å². The van der Waals surface area contributed by atoms with Gasteiger partial charge in [0, 0.05) is 6.54 Å². The lowest BCUT2D eigenvalue weighted by atomic mass is 10.3. The number of hydrogen-bond acceptors (Lipinski definition) is 7. The topological polar surface area (TPSA) is 80.5 Å². The van der Waals surface area contributed by atoms with Crippen LogP contribution in [0.2, 0.25) is 0 Å². The third-order valence-electron chi connectivity index (χ3n) is 2.43. The zero-order valence-electron chi connectivity index (χ0n) is 11.0. The van der Waals surface area contributed by atoms with E-state index in [1.54, 1.807) is 0 Å². The minimum absolute atomic E-state index is 0.225. The van der Waals surface area contributed by atoms with Crippen LogP contribution in [0.25, 0.3) is 0 Å². The minimum atomic E-state index is -0.447. The van der Waals surface area contributed by atoms with Crippen LogP contribution in [0.5, 0.6) is 0 Å². The summed E-state index contributed by atoms with van der Waals surface area (Å²) in [6.07, 6.45) is 2.12. The molecule has 1 aromatic rings. The summed E-state index contributed by atoms with van der Waals surface area (Å²) >= 11 is 1.19. The maximum absolute atomic E-state index is 11.5. The number of hydrogen-bond donors (Lipinski definition) is 2. The number of esters is 1. The van der Waals surface area contributed by atoms with Gasteiger partial charge in [0.25, 0.3) is 0 Å². The van der Waals surface area contributed by atoms with E-state index < -0.39 is 5.97 Å². The monoisotopic (exact) mass is 272 g/mol. The van der Waals surface area contributed by atoms with E-state index in [1.165, 1.54) is 18.6 Å². The summed E-state index contributed by atoms with van der Waals surface area (Å²) in [5, 5.41) is 3.86. The molecule has 7 heteroatoms. The van der Waals surface area contributed by atoms with Crippen molar-refractivity contribution < 1.29 is 9.53 Å². The van der Waals surface area contributed by atoms with Crippen molar-refractivity contribution in [3.05, 3.63) is 5.56 Å². The Morgan fingerprint density at radius 1 is 1.50 bits per heavy atom. The second kappa shape index (κ2) is 7.17. The van der Waals surface area contributed by atoms with Crippen LogP contribution in [0.1, 0.15) is 23.2 Å². The van der Waals surface area contributed by atoms with E-state index >= 15 is 0 Å². The Kier molecular flexibility index (Phi) is 5.87. The number of nitrogens with zero attached hydrogens (tertiary/aromatic N) is 2. The minimum Gasteiger partial charge on any atom is -0.465 e.